The molecule has 0 aliphatic heterocycles. The number of hydrogen-bond donors (Lipinski definition) is 2. The van der Waals surface area contributed by atoms with E-state index in [1.807, 2.05) is 60.8 Å². The molecule has 55 heavy (non-hydrogen) atoms. The van der Waals surface area contributed by atoms with Gasteiger partial charge in [0.15, 0.2) is 0 Å². The number of aromatic nitrogens is 1. The van der Waals surface area contributed by atoms with Gasteiger partial charge in [0.2, 0.25) is 0 Å². The number of rotatable bonds is 6. The fourth-order valence-electron chi connectivity index (χ4n) is 7.87. The van der Waals surface area contributed by atoms with E-state index in [1.165, 1.54) is 65.3 Å². The van der Waals surface area contributed by atoms with Gasteiger partial charge in [-0.3, -0.25) is 15.8 Å². The largest absolute Gasteiger partial charge is 0.299 e. The van der Waals surface area contributed by atoms with Gasteiger partial charge in [0.1, 0.15) is 5.71 Å². The van der Waals surface area contributed by atoms with Crippen molar-refractivity contribution in [2.75, 3.05) is 5.43 Å². The van der Waals surface area contributed by atoms with Gasteiger partial charge in [0, 0.05) is 12.4 Å². The first-order valence-electron chi connectivity index (χ1n) is 18.5. The van der Waals surface area contributed by atoms with Crippen LogP contribution in [0.15, 0.2) is 200 Å². The van der Waals surface area contributed by atoms with E-state index in [2.05, 4.69) is 138 Å². The lowest BCUT2D eigenvalue weighted by atomic mass is 9.84. The number of hydrazone groups is 1. The summed E-state index contributed by atoms with van der Waals surface area (Å²) in [4.78, 5) is 4.24. The van der Waals surface area contributed by atoms with Crippen molar-refractivity contribution in [3.8, 4) is 33.4 Å². The molecular formula is C51H34N4. The minimum atomic E-state index is 0.352. The Labute approximate surface area is 319 Å². The van der Waals surface area contributed by atoms with Gasteiger partial charge in [0.25, 0.3) is 0 Å². The summed E-state index contributed by atoms with van der Waals surface area (Å²) >= 11 is 0. The second-order valence-corrected chi connectivity index (χ2v) is 14.0. The first-order chi connectivity index (χ1) is 27.2. The number of anilines is 1. The van der Waals surface area contributed by atoms with Crippen molar-refractivity contribution in [3.63, 3.8) is 0 Å². The Morgan fingerprint density at radius 3 is 1.69 bits per heavy atom. The van der Waals surface area contributed by atoms with E-state index in [9.17, 15) is 0 Å². The van der Waals surface area contributed by atoms with Gasteiger partial charge in [-0.1, -0.05) is 133 Å². The van der Waals surface area contributed by atoms with E-state index in [1.54, 1.807) is 6.20 Å². The van der Waals surface area contributed by atoms with Crippen molar-refractivity contribution in [2.45, 2.75) is 0 Å². The lowest BCUT2D eigenvalue weighted by molar-refractivity contribution is 1.32. The van der Waals surface area contributed by atoms with Crippen LogP contribution in [0, 0.1) is 5.41 Å². The molecule has 4 nitrogen and oxygen atoms in total. The van der Waals surface area contributed by atoms with E-state index < -0.39 is 0 Å². The molecule has 2 N–H and O–H groups in total. The molecule has 9 aromatic rings. The topological polar surface area (TPSA) is 61.1 Å². The molecule has 0 saturated heterocycles. The third-order valence-corrected chi connectivity index (χ3v) is 10.6. The van der Waals surface area contributed by atoms with Crippen LogP contribution in [0.3, 0.4) is 0 Å². The zero-order chi connectivity index (χ0) is 36.7. The van der Waals surface area contributed by atoms with Gasteiger partial charge < -0.3 is 0 Å². The zero-order valence-electron chi connectivity index (χ0n) is 29.9. The monoisotopic (exact) mass is 702 g/mol. The normalized spacial score (nSPS) is 13.6. The minimum Gasteiger partial charge on any atom is -0.299 e. The standard InChI is InChI=1S/C51H34N4/c52-48-26-22-39(31-49(48)55-54-43-23-19-35(20-24-43)42-12-7-27-53-32-42)38-21-25-46-47(30-38)51(41-18-16-34-9-2-4-11-37(34)29-41)45-14-6-5-13-44(45)50(46)40-17-15-33-8-1-3-10-36(33)28-40/h1-32,52,54H/b52-48?,55-49-. The molecule has 0 fully saturated rings. The summed E-state index contributed by atoms with van der Waals surface area (Å²) in [6.45, 7) is 0. The SMILES string of the molecule is N=C1C=CC(c2ccc3c(-c4ccc5ccccc5c4)c4ccccc4c(-c4ccc5ccccc5c4)c3c2)=C/C1=N/Nc1ccc(-c2cccnc2)cc1. The third-order valence-electron chi connectivity index (χ3n) is 10.6. The first-order valence-corrected chi connectivity index (χ1v) is 18.5. The molecule has 10 rings (SSSR count). The molecule has 0 saturated carbocycles. The smallest absolute Gasteiger partial charge is 0.109 e. The highest BCUT2D eigenvalue weighted by molar-refractivity contribution is 6.51. The van der Waals surface area contributed by atoms with Crippen molar-refractivity contribution >= 4 is 65.8 Å². The molecule has 0 spiro atoms. The van der Waals surface area contributed by atoms with Crippen molar-refractivity contribution in [3.05, 3.63) is 200 Å². The summed E-state index contributed by atoms with van der Waals surface area (Å²) in [6, 6.07) is 58.4. The van der Waals surface area contributed by atoms with Crippen LogP contribution in [-0.4, -0.2) is 16.4 Å². The van der Waals surface area contributed by atoms with Gasteiger partial charge in [0.05, 0.1) is 11.4 Å². The van der Waals surface area contributed by atoms with E-state index in [-0.39, 0.29) is 0 Å². The van der Waals surface area contributed by atoms with Gasteiger partial charge in [-0.15, -0.1) is 0 Å². The number of nitrogens with zero attached hydrogens (tertiary/aromatic N) is 2. The van der Waals surface area contributed by atoms with Crippen LogP contribution < -0.4 is 5.43 Å². The molecule has 0 bridgehead atoms. The fraction of sp³-hybridized carbons (Fsp3) is 0. The number of nitrogens with one attached hydrogen (secondary N) is 2. The highest BCUT2D eigenvalue weighted by atomic mass is 15.3. The van der Waals surface area contributed by atoms with Gasteiger partial charge in [-0.2, -0.15) is 5.10 Å². The van der Waals surface area contributed by atoms with Crippen LogP contribution in [0.25, 0.3) is 82.0 Å². The Balaban J connectivity index is 1.12. The predicted molar refractivity (Wildman–Crippen MR) is 233 cm³/mol. The summed E-state index contributed by atoms with van der Waals surface area (Å²) in [6.07, 6.45) is 9.48. The Kier molecular flexibility index (Phi) is 7.93. The zero-order valence-corrected chi connectivity index (χ0v) is 29.9. The minimum absolute atomic E-state index is 0.352. The highest BCUT2D eigenvalue weighted by Gasteiger charge is 2.19. The lowest BCUT2D eigenvalue weighted by Gasteiger charge is -2.20. The van der Waals surface area contributed by atoms with Crippen LogP contribution in [-0.2, 0) is 0 Å². The molecule has 0 unspecified atom stereocenters. The van der Waals surface area contributed by atoms with E-state index in [4.69, 9.17) is 10.5 Å². The maximum absolute atomic E-state index is 8.72. The van der Waals surface area contributed by atoms with Crippen molar-refractivity contribution in [1.29, 1.82) is 5.41 Å². The van der Waals surface area contributed by atoms with E-state index in [0.717, 1.165) is 28.0 Å². The molecule has 1 aliphatic rings. The summed E-state index contributed by atoms with van der Waals surface area (Å²) in [5, 5.41) is 23.1. The second-order valence-electron chi connectivity index (χ2n) is 14.0. The molecule has 258 valence electrons. The van der Waals surface area contributed by atoms with Crippen LogP contribution in [0.5, 0.6) is 0 Å². The Hall–Kier alpha value is -7.43. The van der Waals surface area contributed by atoms with Crippen LogP contribution in [0.4, 0.5) is 5.69 Å². The van der Waals surface area contributed by atoms with Gasteiger partial charge in [-0.05, 0) is 136 Å². The van der Waals surface area contributed by atoms with Gasteiger partial charge in [-0.25, -0.2) is 0 Å². The van der Waals surface area contributed by atoms with Crippen molar-refractivity contribution in [1.82, 2.24) is 4.98 Å². The quantitative estimate of drug-likeness (QED) is 0.103. The van der Waals surface area contributed by atoms with Crippen LogP contribution in [0.1, 0.15) is 5.56 Å². The first kappa shape index (κ1) is 32.2. The molecule has 1 aliphatic carbocycles. The number of pyridine rings is 1. The molecular weight excluding hydrogens is 669 g/mol. The Bertz CT molecular complexity index is 3060. The maximum Gasteiger partial charge on any atom is 0.109 e. The Morgan fingerprint density at radius 1 is 0.455 bits per heavy atom. The number of allylic oxidation sites excluding steroid dienone is 4. The van der Waals surface area contributed by atoms with Crippen molar-refractivity contribution in [2.24, 2.45) is 5.10 Å². The number of benzene rings is 8. The molecule has 4 heteroatoms. The number of hydrogen-bond acceptors (Lipinski definition) is 4. The average molecular weight is 703 g/mol. The van der Waals surface area contributed by atoms with E-state index >= 15 is 0 Å². The van der Waals surface area contributed by atoms with E-state index in [0.29, 0.717) is 11.4 Å². The summed E-state index contributed by atoms with van der Waals surface area (Å²) in [5.41, 5.74) is 13.9. The molecule has 1 heterocycles. The maximum atomic E-state index is 8.72. The predicted octanol–water partition coefficient (Wildman–Crippen LogP) is 13.1. The number of fused-ring (bicyclic) bond motifs is 4. The third kappa shape index (κ3) is 5.96. The fourth-order valence-corrected chi connectivity index (χ4v) is 7.87. The molecule has 1 aromatic heterocycles. The highest BCUT2D eigenvalue weighted by Crippen LogP contribution is 2.45. The molecule has 0 atom stereocenters. The molecule has 0 amide bonds. The summed E-state index contributed by atoms with van der Waals surface area (Å²) in [7, 11) is 0. The summed E-state index contributed by atoms with van der Waals surface area (Å²) in [5.74, 6) is 0. The Morgan fingerprint density at radius 2 is 1.04 bits per heavy atom. The summed E-state index contributed by atoms with van der Waals surface area (Å²) < 4.78 is 0. The molecule has 0 radical (unpaired) electrons. The lowest BCUT2D eigenvalue weighted by Crippen LogP contribution is -2.13. The van der Waals surface area contributed by atoms with Crippen LogP contribution >= 0.6 is 0 Å². The second kappa shape index (κ2) is 13.5. The van der Waals surface area contributed by atoms with Crippen molar-refractivity contribution < 1.29 is 0 Å². The van der Waals surface area contributed by atoms with Gasteiger partial charge >= 0.3 is 0 Å². The average Bonchev–Trinajstić information content (AvgIpc) is 3.25. The molecule has 8 aromatic carbocycles. The van der Waals surface area contributed by atoms with Crippen LogP contribution in [0.2, 0.25) is 0 Å².